The van der Waals surface area contributed by atoms with Gasteiger partial charge in [0.2, 0.25) is 0 Å². The number of thiophene rings is 1. The number of nitrogens with zero attached hydrogens (tertiary/aromatic N) is 4. The summed E-state index contributed by atoms with van der Waals surface area (Å²) in [6.45, 7) is 3.89. The van der Waals surface area contributed by atoms with E-state index in [0.29, 0.717) is 0 Å². The smallest absolute Gasteiger partial charge is 0.255 e. The molecule has 23 heavy (non-hydrogen) atoms. The molecule has 0 N–H and O–H groups in total. The van der Waals surface area contributed by atoms with Gasteiger partial charge in [0, 0.05) is 23.3 Å². The number of fused-ring (bicyclic) bond motifs is 1. The van der Waals surface area contributed by atoms with Crippen molar-refractivity contribution in [1.82, 2.24) is 19.7 Å². The molecule has 122 valence electrons. The Kier molecular flexibility index (Phi) is 3.93. The van der Waals surface area contributed by atoms with Gasteiger partial charge in [-0.05, 0) is 43.6 Å². The van der Waals surface area contributed by atoms with Gasteiger partial charge in [0.15, 0.2) is 0 Å². The van der Waals surface area contributed by atoms with Crippen LogP contribution in [0.15, 0.2) is 18.0 Å². The van der Waals surface area contributed by atoms with Crippen LogP contribution in [0.4, 0.5) is 0 Å². The number of hydrogen-bond donors (Lipinski definition) is 0. The summed E-state index contributed by atoms with van der Waals surface area (Å²) in [5, 5.41) is 6.33. The van der Waals surface area contributed by atoms with Gasteiger partial charge in [-0.1, -0.05) is 6.92 Å². The lowest BCUT2D eigenvalue weighted by Gasteiger charge is -2.33. The number of likely N-dealkylation sites (tertiary alicyclic amines) is 1. The summed E-state index contributed by atoms with van der Waals surface area (Å²) >= 11 is 1.77. The average molecular weight is 330 g/mol. The molecule has 6 heteroatoms. The highest BCUT2D eigenvalue weighted by molar-refractivity contribution is 7.10. The van der Waals surface area contributed by atoms with E-state index >= 15 is 0 Å². The van der Waals surface area contributed by atoms with Gasteiger partial charge in [0.25, 0.3) is 5.91 Å². The van der Waals surface area contributed by atoms with Crippen molar-refractivity contribution >= 4 is 17.2 Å². The highest BCUT2D eigenvalue weighted by Gasteiger charge is 2.29. The molecule has 2 aromatic rings. The Morgan fingerprint density at radius 1 is 1.39 bits per heavy atom. The van der Waals surface area contributed by atoms with Gasteiger partial charge in [-0.2, -0.15) is 5.10 Å². The second-order valence-electron chi connectivity index (χ2n) is 6.82. The van der Waals surface area contributed by atoms with Crippen LogP contribution >= 0.6 is 11.3 Å². The molecule has 2 aliphatic rings. The Hall–Kier alpha value is -1.69. The molecule has 5 nitrogen and oxygen atoms in total. The number of piperidine rings is 1. The summed E-state index contributed by atoms with van der Waals surface area (Å²) in [6, 6.07) is 0.254. The van der Waals surface area contributed by atoms with Crippen molar-refractivity contribution in [3.63, 3.8) is 0 Å². The maximum absolute atomic E-state index is 13.0. The number of amides is 1. The standard InChI is InChI=1S/C17H22N4OS/c1-12-4-5-14-15(9-23-16(14)7-12)17(22)20-6-2-3-13(8-20)21-11-18-10-19-21/h9-13H,2-8H2,1H3/t12-,13-/m1/s1. The Labute approximate surface area is 140 Å². The molecular formula is C17H22N4OS. The minimum absolute atomic E-state index is 0.210. The predicted octanol–water partition coefficient (Wildman–Crippen LogP) is 2.94. The molecule has 2 atom stereocenters. The molecule has 0 radical (unpaired) electrons. The van der Waals surface area contributed by atoms with Crippen LogP contribution in [0, 0.1) is 5.92 Å². The van der Waals surface area contributed by atoms with Crippen molar-refractivity contribution < 1.29 is 4.79 Å². The van der Waals surface area contributed by atoms with Crippen LogP contribution in [0.3, 0.4) is 0 Å². The molecule has 1 fully saturated rings. The molecule has 0 spiro atoms. The third-order valence-corrected chi connectivity index (χ3v) is 6.18. The fourth-order valence-corrected chi connectivity index (χ4v) is 5.03. The first-order valence-corrected chi connectivity index (χ1v) is 9.33. The minimum atomic E-state index is 0.210. The lowest BCUT2D eigenvalue weighted by Crippen LogP contribution is -2.41. The van der Waals surface area contributed by atoms with Crippen LogP contribution in [-0.2, 0) is 12.8 Å². The van der Waals surface area contributed by atoms with E-state index in [1.807, 2.05) is 9.58 Å². The van der Waals surface area contributed by atoms with E-state index in [2.05, 4.69) is 22.4 Å². The van der Waals surface area contributed by atoms with Crippen LogP contribution in [0.1, 0.15) is 53.0 Å². The van der Waals surface area contributed by atoms with E-state index in [-0.39, 0.29) is 11.9 Å². The third-order valence-electron chi connectivity index (χ3n) is 5.13. The molecule has 2 aromatic heterocycles. The quantitative estimate of drug-likeness (QED) is 0.851. The summed E-state index contributed by atoms with van der Waals surface area (Å²) in [6.07, 6.45) is 8.80. The van der Waals surface area contributed by atoms with Gasteiger partial charge in [0.05, 0.1) is 11.6 Å². The first kappa shape index (κ1) is 14.9. The summed E-state index contributed by atoms with van der Waals surface area (Å²) in [4.78, 5) is 20.5. The molecule has 0 unspecified atom stereocenters. The lowest BCUT2D eigenvalue weighted by atomic mass is 9.88. The molecule has 1 saturated heterocycles. The Balaban J connectivity index is 1.53. The van der Waals surface area contributed by atoms with Gasteiger partial charge in [0.1, 0.15) is 12.7 Å². The molecule has 3 heterocycles. The van der Waals surface area contributed by atoms with Crippen molar-refractivity contribution in [3.8, 4) is 0 Å². The van der Waals surface area contributed by atoms with Crippen LogP contribution in [0.2, 0.25) is 0 Å². The lowest BCUT2D eigenvalue weighted by molar-refractivity contribution is 0.0672. The number of carbonyl (C=O) groups is 1. The molecular weight excluding hydrogens is 308 g/mol. The molecule has 1 aliphatic heterocycles. The van der Waals surface area contributed by atoms with E-state index in [4.69, 9.17) is 0 Å². The third kappa shape index (κ3) is 2.80. The molecule has 0 bridgehead atoms. The van der Waals surface area contributed by atoms with Crippen molar-refractivity contribution in [2.24, 2.45) is 5.92 Å². The predicted molar refractivity (Wildman–Crippen MR) is 89.7 cm³/mol. The summed E-state index contributed by atoms with van der Waals surface area (Å²) < 4.78 is 1.89. The summed E-state index contributed by atoms with van der Waals surface area (Å²) in [5.41, 5.74) is 2.28. The SMILES string of the molecule is C[C@@H]1CCc2c(C(=O)N3CCC[C@@H](n4cncn4)C3)csc2C1. The Bertz CT molecular complexity index is 694. The number of carbonyl (C=O) groups excluding carboxylic acids is 1. The maximum atomic E-state index is 13.0. The molecule has 1 amide bonds. The zero-order valence-electron chi connectivity index (χ0n) is 13.4. The Morgan fingerprint density at radius 3 is 3.13 bits per heavy atom. The second-order valence-corrected chi connectivity index (χ2v) is 7.79. The van der Waals surface area contributed by atoms with Crippen molar-refractivity contribution in [2.45, 2.75) is 45.1 Å². The van der Waals surface area contributed by atoms with E-state index in [1.54, 1.807) is 24.0 Å². The highest BCUT2D eigenvalue weighted by Crippen LogP contribution is 2.34. The molecule has 4 rings (SSSR count). The fraction of sp³-hybridized carbons (Fsp3) is 0.588. The van der Waals surface area contributed by atoms with E-state index < -0.39 is 0 Å². The fourth-order valence-electron chi connectivity index (χ4n) is 3.79. The number of hydrogen-bond acceptors (Lipinski definition) is 4. The van der Waals surface area contributed by atoms with E-state index in [0.717, 1.165) is 50.3 Å². The summed E-state index contributed by atoms with van der Waals surface area (Å²) in [7, 11) is 0. The van der Waals surface area contributed by atoms with Gasteiger partial charge >= 0.3 is 0 Å². The van der Waals surface area contributed by atoms with E-state index in [9.17, 15) is 4.79 Å². The largest absolute Gasteiger partial charge is 0.336 e. The zero-order chi connectivity index (χ0) is 15.8. The van der Waals surface area contributed by atoms with Crippen molar-refractivity contribution in [2.75, 3.05) is 13.1 Å². The summed E-state index contributed by atoms with van der Waals surface area (Å²) in [5.74, 6) is 0.956. The molecule has 0 saturated carbocycles. The first-order valence-electron chi connectivity index (χ1n) is 8.45. The van der Waals surface area contributed by atoms with Crippen LogP contribution < -0.4 is 0 Å². The van der Waals surface area contributed by atoms with Crippen LogP contribution in [0.25, 0.3) is 0 Å². The highest BCUT2D eigenvalue weighted by atomic mass is 32.1. The van der Waals surface area contributed by atoms with Gasteiger partial charge in [-0.3, -0.25) is 4.79 Å². The topological polar surface area (TPSA) is 51.0 Å². The van der Waals surface area contributed by atoms with Gasteiger partial charge in [-0.25, -0.2) is 9.67 Å². The monoisotopic (exact) mass is 330 g/mol. The number of aromatic nitrogens is 3. The zero-order valence-corrected chi connectivity index (χ0v) is 14.3. The molecule has 0 aromatic carbocycles. The Morgan fingerprint density at radius 2 is 2.30 bits per heavy atom. The minimum Gasteiger partial charge on any atom is -0.336 e. The molecule has 1 aliphatic carbocycles. The first-order chi connectivity index (χ1) is 11.2. The van der Waals surface area contributed by atoms with Crippen molar-refractivity contribution in [1.29, 1.82) is 0 Å². The van der Waals surface area contributed by atoms with Gasteiger partial charge < -0.3 is 4.90 Å². The van der Waals surface area contributed by atoms with E-state index in [1.165, 1.54) is 16.9 Å². The average Bonchev–Trinajstić information content (AvgIpc) is 3.23. The second kappa shape index (κ2) is 6.07. The van der Waals surface area contributed by atoms with Crippen molar-refractivity contribution in [3.05, 3.63) is 34.0 Å². The van der Waals surface area contributed by atoms with Crippen LogP contribution in [0.5, 0.6) is 0 Å². The normalized spacial score (nSPS) is 24.5. The maximum Gasteiger partial charge on any atom is 0.255 e. The van der Waals surface area contributed by atoms with Gasteiger partial charge in [-0.15, -0.1) is 11.3 Å². The van der Waals surface area contributed by atoms with Crippen LogP contribution in [-0.4, -0.2) is 38.7 Å². The number of rotatable bonds is 2.